The van der Waals surface area contributed by atoms with Gasteiger partial charge in [-0.05, 0) is 37.1 Å². The largest absolute Gasteiger partial charge is 0.445 e. The normalized spacial score (nSPS) is 12.4. The van der Waals surface area contributed by atoms with Gasteiger partial charge in [-0.2, -0.15) is 26.3 Å². The summed E-state index contributed by atoms with van der Waals surface area (Å²) in [6, 6.07) is 13.9. The second-order valence-corrected chi connectivity index (χ2v) is 7.39. The number of halogens is 6. The molecule has 1 heterocycles. The van der Waals surface area contributed by atoms with Crippen molar-refractivity contribution in [1.29, 1.82) is 0 Å². The smallest absolute Gasteiger partial charge is 0.404 e. The van der Waals surface area contributed by atoms with E-state index in [2.05, 4.69) is 4.98 Å². The second kappa shape index (κ2) is 9.26. The lowest BCUT2D eigenvalue weighted by Crippen LogP contribution is -2.34. The Morgan fingerprint density at radius 2 is 1.50 bits per heavy atom. The molecule has 0 fully saturated rings. The number of hydrogen-bond acceptors (Lipinski definition) is 3. The van der Waals surface area contributed by atoms with Crippen LogP contribution in [0, 0.1) is 6.92 Å². The molecule has 32 heavy (non-hydrogen) atoms. The van der Waals surface area contributed by atoms with Crippen LogP contribution in [0.2, 0.25) is 0 Å². The molecule has 0 atom stereocenters. The third kappa shape index (κ3) is 5.63. The van der Waals surface area contributed by atoms with Gasteiger partial charge in [-0.3, -0.25) is 0 Å². The Morgan fingerprint density at radius 3 is 2.03 bits per heavy atom. The number of anilines is 1. The molecule has 3 aromatic rings. The first-order chi connectivity index (χ1) is 15.0. The summed E-state index contributed by atoms with van der Waals surface area (Å²) in [5.41, 5.74) is 1.34. The highest BCUT2D eigenvalue weighted by atomic mass is 19.4. The molecular formula is C23H22F6N2O. The van der Waals surface area contributed by atoms with E-state index in [0.717, 1.165) is 17.7 Å². The molecule has 172 valence electrons. The molecule has 1 aromatic heterocycles. The fraction of sp³-hybridized carbons (Fsp3) is 0.348. The van der Waals surface area contributed by atoms with Gasteiger partial charge < -0.3 is 9.32 Å². The van der Waals surface area contributed by atoms with Crippen LogP contribution in [0.5, 0.6) is 0 Å². The maximum Gasteiger partial charge on any atom is 0.404 e. The average Bonchev–Trinajstić information content (AvgIpc) is 3.04. The van der Waals surface area contributed by atoms with Crippen molar-refractivity contribution in [3.05, 3.63) is 83.1 Å². The average molecular weight is 456 g/mol. The first-order valence-corrected chi connectivity index (χ1v) is 9.96. The van der Waals surface area contributed by atoms with Gasteiger partial charge in [0.05, 0.1) is 6.54 Å². The maximum atomic E-state index is 13.0. The Bertz CT molecular complexity index is 996. The predicted octanol–water partition coefficient (Wildman–Crippen LogP) is 6.81. The van der Waals surface area contributed by atoms with Crippen molar-refractivity contribution in [3.63, 3.8) is 0 Å². The first kappa shape index (κ1) is 23.7. The van der Waals surface area contributed by atoms with Crippen molar-refractivity contribution in [2.45, 2.75) is 45.1 Å². The summed E-state index contributed by atoms with van der Waals surface area (Å²) in [6.45, 7) is 4.39. The number of oxazole rings is 1. The third-order valence-electron chi connectivity index (χ3n) is 5.10. The van der Waals surface area contributed by atoms with Gasteiger partial charge in [0, 0.05) is 18.7 Å². The molecule has 0 bridgehead atoms. The van der Waals surface area contributed by atoms with E-state index in [1.165, 1.54) is 12.1 Å². The van der Waals surface area contributed by atoms with Crippen molar-refractivity contribution in [2.75, 3.05) is 11.4 Å². The van der Waals surface area contributed by atoms with Gasteiger partial charge in [0.2, 0.25) is 0 Å². The van der Waals surface area contributed by atoms with Crippen LogP contribution in [0.1, 0.15) is 41.3 Å². The van der Waals surface area contributed by atoms with Gasteiger partial charge in [-0.25, -0.2) is 4.98 Å². The predicted molar refractivity (Wildman–Crippen MR) is 109 cm³/mol. The molecule has 0 unspecified atom stereocenters. The fourth-order valence-corrected chi connectivity index (χ4v) is 3.49. The van der Waals surface area contributed by atoms with Crippen LogP contribution in [0.3, 0.4) is 0 Å². The van der Waals surface area contributed by atoms with E-state index in [4.69, 9.17) is 4.42 Å². The Labute approximate surface area is 181 Å². The minimum atomic E-state index is -5.42. The Morgan fingerprint density at radius 1 is 0.906 bits per heavy atom. The molecule has 3 nitrogen and oxygen atoms in total. The second-order valence-electron chi connectivity index (χ2n) is 7.39. The van der Waals surface area contributed by atoms with E-state index < -0.39 is 23.8 Å². The van der Waals surface area contributed by atoms with Gasteiger partial charge in [0.25, 0.3) is 0 Å². The third-order valence-corrected chi connectivity index (χ3v) is 5.10. The van der Waals surface area contributed by atoms with Crippen LogP contribution in [-0.4, -0.2) is 23.9 Å². The lowest BCUT2D eigenvalue weighted by Gasteiger charge is -2.25. The molecule has 0 aliphatic heterocycles. The summed E-state index contributed by atoms with van der Waals surface area (Å²) in [7, 11) is 0. The summed E-state index contributed by atoms with van der Waals surface area (Å²) in [6.07, 6.45) is -10.3. The van der Waals surface area contributed by atoms with E-state index in [1.54, 1.807) is 11.8 Å². The number of alkyl halides is 6. The van der Waals surface area contributed by atoms with Crippen LogP contribution in [0.15, 0.2) is 59.0 Å². The van der Waals surface area contributed by atoms with Gasteiger partial charge in [-0.1, -0.05) is 42.5 Å². The van der Waals surface area contributed by atoms with Crippen LogP contribution in [0.4, 0.5) is 32.0 Å². The molecule has 2 aromatic carbocycles. The number of rotatable bonds is 7. The summed E-state index contributed by atoms with van der Waals surface area (Å²) in [5, 5.41) is 0. The summed E-state index contributed by atoms with van der Waals surface area (Å²) in [4.78, 5) is 6.33. The minimum absolute atomic E-state index is 0.307. The molecule has 0 saturated heterocycles. The highest BCUT2D eigenvalue weighted by Gasteiger charge is 2.57. The van der Waals surface area contributed by atoms with E-state index in [9.17, 15) is 26.3 Å². The lowest BCUT2D eigenvalue weighted by atomic mass is 9.97. The van der Waals surface area contributed by atoms with Gasteiger partial charge in [0.1, 0.15) is 11.5 Å². The van der Waals surface area contributed by atoms with Crippen molar-refractivity contribution >= 4 is 5.69 Å². The quantitative estimate of drug-likeness (QED) is 0.366. The molecular weight excluding hydrogens is 434 g/mol. The molecule has 9 heteroatoms. The molecule has 0 spiro atoms. The van der Waals surface area contributed by atoms with Crippen LogP contribution in [0.25, 0.3) is 0 Å². The number of nitrogens with zero attached hydrogens (tertiary/aromatic N) is 2. The molecule has 0 aliphatic rings. The van der Waals surface area contributed by atoms with E-state index >= 15 is 0 Å². The van der Waals surface area contributed by atoms with Crippen molar-refractivity contribution in [1.82, 2.24) is 4.98 Å². The highest BCUT2D eigenvalue weighted by Crippen LogP contribution is 2.46. The Kier molecular flexibility index (Phi) is 6.85. The molecule has 0 amide bonds. The van der Waals surface area contributed by atoms with Gasteiger partial charge in [-0.15, -0.1) is 0 Å². The summed E-state index contributed by atoms with van der Waals surface area (Å²) in [5.74, 6) is -2.37. The van der Waals surface area contributed by atoms with E-state index in [1.807, 2.05) is 37.3 Å². The topological polar surface area (TPSA) is 29.3 Å². The van der Waals surface area contributed by atoms with Crippen molar-refractivity contribution in [2.24, 2.45) is 0 Å². The number of hydrogen-bond donors (Lipinski definition) is 0. The molecule has 0 saturated carbocycles. The zero-order chi connectivity index (χ0) is 23.5. The monoisotopic (exact) mass is 456 g/mol. The number of benzene rings is 2. The summed E-state index contributed by atoms with van der Waals surface area (Å²) >= 11 is 0. The van der Waals surface area contributed by atoms with Crippen LogP contribution >= 0.6 is 0 Å². The number of aromatic nitrogens is 1. The van der Waals surface area contributed by atoms with E-state index in [0.29, 0.717) is 42.5 Å². The minimum Gasteiger partial charge on any atom is -0.445 e. The van der Waals surface area contributed by atoms with E-state index in [-0.39, 0.29) is 0 Å². The fourth-order valence-electron chi connectivity index (χ4n) is 3.49. The van der Waals surface area contributed by atoms with Crippen molar-refractivity contribution in [3.8, 4) is 0 Å². The highest BCUT2D eigenvalue weighted by molar-refractivity contribution is 5.49. The Balaban J connectivity index is 1.78. The number of aryl methyl sites for hydroxylation is 1. The SMILES string of the molecule is CCN(Cc1nc(Cc2ccccc2)oc1C)c1ccc(C(C(F)(F)F)C(F)(F)F)cc1. The first-order valence-electron chi connectivity index (χ1n) is 9.96. The van der Waals surface area contributed by atoms with Crippen LogP contribution in [-0.2, 0) is 13.0 Å². The van der Waals surface area contributed by atoms with Gasteiger partial charge in [0.15, 0.2) is 11.8 Å². The lowest BCUT2D eigenvalue weighted by molar-refractivity contribution is -0.253. The molecule has 0 radical (unpaired) electrons. The molecule has 3 rings (SSSR count). The van der Waals surface area contributed by atoms with Crippen molar-refractivity contribution < 1.29 is 30.8 Å². The molecule has 0 N–H and O–H groups in total. The zero-order valence-electron chi connectivity index (χ0n) is 17.5. The zero-order valence-corrected chi connectivity index (χ0v) is 17.5. The molecule has 0 aliphatic carbocycles. The standard InChI is InChI=1S/C23H22F6N2O/c1-3-31(14-19-15(2)32-20(30-19)13-16-7-5-4-6-8-16)18-11-9-17(10-12-18)21(22(24,25)26)23(27,28)29/h4-12,21H,3,13-14H2,1-2H3. The maximum absolute atomic E-state index is 13.0. The van der Waals surface area contributed by atoms with Gasteiger partial charge >= 0.3 is 12.4 Å². The summed E-state index contributed by atoms with van der Waals surface area (Å²) < 4.78 is 83.5. The van der Waals surface area contributed by atoms with Crippen LogP contribution < -0.4 is 4.90 Å². The Hall–Kier alpha value is -2.97.